The number of hydrogen-bond acceptors (Lipinski definition) is 10. The van der Waals surface area contributed by atoms with Crippen molar-refractivity contribution in [1.29, 1.82) is 0 Å². The molecule has 1 aliphatic carbocycles. The second kappa shape index (κ2) is 21.6. The van der Waals surface area contributed by atoms with Crippen molar-refractivity contribution in [2.24, 2.45) is 0 Å². The van der Waals surface area contributed by atoms with Crippen molar-refractivity contribution in [3.8, 4) is 113 Å². The van der Waals surface area contributed by atoms with Gasteiger partial charge in [-0.2, -0.15) is 0 Å². The normalized spacial score (nSPS) is 12.2. The maximum atomic E-state index is 6.97. The average molecular weight is 1330 g/mol. The molecule has 0 radical (unpaired) electrons. The fourth-order valence-corrected chi connectivity index (χ4v) is 16.7. The van der Waals surface area contributed by atoms with E-state index in [4.69, 9.17) is 47.6 Å². The van der Waals surface area contributed by atoms with Gasteiger partial charge < -0.3 is 17.7 Å². The number of aromatic nitrogens is 6. The first-order valence-electron chi connectivity index (χ1n) is 34.8. The first-order valence-corrected chi connectivity index (χ1v) is 34.8. The molecule has 0 bridgehead atoms. The van der Waals surface area contributed by atoms with Gasteiger partial charge in [-0.05, 0) is 160 Å². The number of benzene rings is 16. The van der Waals surface area contributed by atoms with E-state index in [0.717, 1.165) is 154 Å². The van der Waals surface area contributed by atoms with Gasteiger partial charge in [-0.25, -0.2) is 29.9 Å². The number of nitrogens with zero attached hydrogens (tertiary/aromatic N) is 6. The Kier molecular flexibility index (Phi) is 11.8. The van der Waals surface area contributed by atoms with Crippen LogP contribution in [0.3, 0.4) is 0 Å². The zero-order chi connectivity index (χ0) is 67.8. The highest BCUT2D eigenvalue weighted by Gasteiger charge is 2.28. The third kappa shape index (κ3) is 8.38. The third-order valence-corrected chi connectivity index (χ3v) is 21.5. The summed E-state index contributed by atoms with van der Waals surface area (Å²) in [5, 5.41) is 17.6. The van der Waals surface area contributed by atoms with Gasteiger partial charge in [0.1, 0.15) is 51.0 Å². The van der Waals surface area contributed by atoms with Crippen molar-refractivity contribution in [3.63, 3.8) is 0 Å². The van der Waals surface area contributed by atoms with Crippen LogP contribution >= 0.6 is 0 Å². The van der Waals surface area contributed by atoms with Crippen molar-refractivity contribution in [1.82, 2.24) is 29.9 Å². The Morgan fingerprint density at radius 2 is 0.644 bits per heavy atom. The summed E-state index contributed by atoms with van der Waals surface area (Å²) in [6, 6.07) is 104. The minimum Gasteiger partial charge on any atom is -0.456 e. The van der Waals surface area contributed by atoms with Crippen LogP contribution in [0.4, 0.5) is 0 Å². The second-order valence-electron chi connectivity index (χ2n) is 27.1. The van der Waals surface area contributed by atoms with Gasteiger partial charge in [0.2, 0.25) is 0 Å². The summed E-state index contributed by atoms with van der Waals surface area (Å²) in [6.07, 6.45) is 1.61. The first kappa shape index (κ1) is 56.6. The minimum atomic E-state index is 0.518. The lowest BCUT2D eigenvalue weighted by atomic mass is 9.93. The molecule has 16 aromatic carbocycles. The Hall–Kier alpha value is -14.2. The Balaban J connectivity index is 0.589. The maximum absolute atomic E-state index is 6.97. The number of hydrogen-bond donors (Lipinski definition) is 0. The van der Waals surface area contributed by atoms with Gasteiger partial charge in [0, 0.05) is 70.9 Å². The smallest absolute Gasteiger partial charge is 0.167 e. The highest BCUT2D eigenvalue weighted by Crippen LogP contribution is 2.52. The lowest BCUT2D eigenvalue weighted by Crippen LogP contribution is -2.00. The summed E-state index contributed by atoms with van der Waals surface area (Å²) >= 11 is 0. The second-order valence-corrected chi connectivity index (χ2v) is 27.1. The van der Waals surface area contributed by atoms with E-state index in [1.54, 1.807) is 6.33 Å². The molecule has 480 valence electrons. The lowest BCUT2D eigenvalue weighted by molar-refractivity contribution is 0.668. The predicted octanol–water partition coefficient (Wildman–Crippen LogP) is 25.3. The van der Waals surface area contributed by atoms with Crippen LogP contribution in [0.1, 0.15) is 0 Å². The molecule has 22 aromatic rings. The number of fused-ring (bicyclic) bond motifs is 20. The van der Waals surface area contributed by atoms with Crippen LogP contribution in [0.5, 0.6) is 0 Å². The molecule has 0 unspecified atom stereocenters. The van der Waals surface area contributed by atoms with Crippen LogP contribution in [0.2, 0.25) is 0 Å². The van der Waals surface area contributed by atoms with E-state index in [2.05, 4.69) is 200 Å². The Bertz CT molecular complexity index is 7510. The van der Waals surface area contributed by atoms with Gasteiger partial charge in [0.25, 0.3) is 0 Å². The van der Waals surface area contributed by atoms with Gasteiger partial charge in [0.05, 0.1) is 5.56 Å². The fraction of sp³-hybridized carbons (Fsp3) is 0. The zero-order valence-electron chi connectivity index (χ0n) is 55.2. The zero-order valence-corrected chi connectivity index (χ0v) is 55.2. The Morgan fingerprint density at radius 3 is 1.42 bits per heavy atom. The molecule has 6 heterocycles. The van der Waals surface area contributed by atoms with E-state index >= 15 is 0 Å². The molecule has 6 aromatic heterocycles. The van der Waals surface area contributed by atoms with Crippen molar-refractivity contribution in [3.05, 3.63) is 304 Å². The average Bonchev–Trinajstić information content (AvgIpc) is 1.56. The molecule has 10 heteroatoms. The van der Waals surface area contributed by atoms with E-state index in [0.29, 0.717) is 29.1 Å². The van der Waals surface area contributed by atoms with E-state index in [-0.39, 0.29) is 0 Å². The largest absolute Gasteiger partial charge is 0.456 e. The van der Waals surface area contributed by atoms with Crippen LogP contribution in [-0.4, -0.2) is 29.9 Å². The summed E-state index contributed by atoms with van der Waals surface area (Å²) in [6.45, 7) is 0. The molecule has 1 aliphatic rings. The van der Waals surface area contributed by atoms with Crippen molar-refractivity contribution >= 4 is 131 Å². The molecule has 23 rings (SSSR count). The van der Waals surface area contributed by atoms with Gasteiger partial charge >= 0.3 is 0 Å². The number of para-hydroxylation sites is 3. The molecule has 104 heavy (non-hydrogen) atoms. The molecule has 0 amide bonds. The highest BCUT2D eigenvalue weighted by molar-refractivity contribution is 6.23. The van der Waals surface area contributed by atoms with E-state index < -0.39 is 0 Å². The van der Waals surface area contributed by atoms with Crippen molar-refractivity contribution in [2.45, 2.75) is 0 Å². The summed E-state index contributed by atoms with van der Waals surface area (Å²) in [5.74, 6) is 2.70. The molecule has 0 atom stereocenters. The van der Waals surface area contributed by atoms with Crippen LogP contribution in [0.15, 0.2) is 321 Å². The van der Waals surface area contributed by atoms with Crippen molar-refractivity contribution < 1.29 is 17.7 Å². The minimum absolute atomic E-state index is 0.518. The van der Waals surface area contributed by atoms with E-state index in [9.17, 15) is 0 Å². The molecule has 0 N–H and O–H groups in total. The first-order chi connectivity index (χ1) is 51.5. The molecular weight excluding hydrogens is 1280 g/mol. The molecule has 0 saturated carbocycles. The highest BCUT2D eigenvalue weighted by atomic mass is 16.3. The van der Waals surface area contributed by atoms with Crippen LogP contribution in [0.25, 0.3) is 243 Å². The van der Waals surface area contributed by atoms with Gasteiger partial charge in [-0.1, -0.05) is 231 Å². The molecular formula is C94H50N6O4. The summed E-state index contributed by atoms with van der Waals surface area (Å²) < 4.78 is 26.8. The van der Waals surface area contributed by atoms with Crippen LogP contribution < -0.4 is 0 Å². The maximum Gasteiger partial charge on any atom is 0.167 e. The predicted molar refractivity (Wildman–Crippen MR) is 420 cm³/mol. The molecule has 0 saturated heterocycles. The van der Waals surface area contributed by atoms with E-state index in [1.807, 2.05) is 97.1 Å². The third-order valence-electron chi connectivity index (χ3n) is 21.5. The number of rotatable bonds is 8. The SMILES string of the molecule is c1ccc(-c2nc(-c3cccc4c3oc3ccccc34)nc(-c3cccc4oc5ccc(-c6ccc7c8c(cccc68)-c6cc(-c8cccc9c8oc8cccc(-c%10ncnc(-c%11cccc%12oc%13ccc(-c%14ccc%15c(ccc%16c%17ccccc%17ccc%15%16)c%14)cc%13c%11%12)n%10)c89)ccc6-7)cc5c34)n2)cc1. The topological polar surface area (TPSA) is 130 Å². The summed E-state index contributed by atoms with van der Waals surface area (Å²) in [7, 11) is 0. The van der Waals surface area contributed by atoms with Gasteiger partial charge in [-0.15, -0.1) is 0 Å². The Morgan fingerprint density at radius 1 is 0.183 bits per heavy atom. The van der Waals surface area contributed by atoms with Crippen LogP contribution in [-0.2, 0) is 0 Å². The standard InChI is InChI=1S/C94H50N6O4/c1-2-15-52(16-3-1)90-97-93(100-94(98-90)74-27-10-22-69-65-18-6-7-28-78(65)103-89(69)74)73-26-13-30-82-87(73)77-49-56(37-45-80(77)102-82)60-42-43-68-64-41-35-57(48-75(64)67-21-9-20-66(60)84(67)68)61-19-8-23-70-85-71(24-12-31-83(85)104-88(61)70)91-95-50-96-92(99-91)72-25-11-29-81-86(72)76-47-54(36-44-79(76)101-81)53-33-38-59-55(46-53)34-40-62-58-17-5-4-14-51(58)32-39-63(59)62/h1-50H. The van der Waals surface area contributed by atoms with Crippen molar-refractivity contribution in [2.75, 3.05) is 0 Å². The van der Waals surface area contributed by atoms with Gasteiger partial charge in [0.15, 0.2) is 29.1 Å². The summed E-state index contributed by atoms with van der Waals surface area (Å²) in [4.78, 5) is 30.7. The summed E-state index contributed by atoms with van der Waals surface area (Å²) in [5.41, 5.74) is 21.5. The Labute approximate surface area is 591 Å². The molecule has 0 aliphatic heterocycles. The molecule has 0 spiro atoms. The van der Waals surface area contributed by atoms with E-state index in [1.165, 1.54) is 60.0 Å². The fourth-order valence-electron chi connectivity index (χ4n) is 16.7. The molecule has 10 nitrogen and oxygen atoms in total. The quantitative estimate of drug-likeness (QED) is 0.136. The lowest BCUT2D eigenvalue weighted by Gasteiger charge is -2.11. The van der Waals surface area contributed by atoms with Gasteiger partial charge in [-0.3, -0.25) is 0 Å². The monoisotopic (exact) mass is 1330 g/mol. The number of furan rings is 4. The molecule has 0 fully saturated rings. The van der Waals surface area contributed by atoms with Crippen LogP contribution in [0, 0.1) is 0 Å².